The minimum absolute atomic E-state index is 0.154. The standard InChI is InChI=1S/C10H14N2O5S2/c1-17-5-7-2-3-12(4-7)19(15,16)10-8(9(13)14)11-6-18-10/h6-7H,2-5H2,1H3,(H,13,14). The number of rotatable bonds is 5. The van der Waals surface area contributed by atoms with Crippen LogP contribution < -0.4 is 0 Å². The largest absolute Gasteiger partial charge is 0.476 e. The Morgan fingerprint density at radius 1 is 1.68 bits per heavy atom. The third-order valence-electron chi connectivity index (χ3n) is 2.96. The van der Waals surface area contributed by atoms with Gasteiger partial charge in [-0.05, 0) is 12.3 Å². The van der Waals surface area contributed by atoms with Gasteiger partial charge in [-0.25, -0.2) is 18.2 Å². The Balaban J connectivity index is 2.24. The van der Waals surface area contributed by atoms with Crippen LogP contribution in [-0.4, -0.2) is 55.6 Å². The summed E-state index contributed by atoms with van der Waals surface area (Å²) in [5, 5.41) is 8.94. The lowest BCUT2D eigenvalue weighted by Crippen LogP contribution is -2.30. The van der Waals surface area contributed by atoms with Crippen molar-refractivity contribution in [3.8, 4) is 0 Å². The summed E-state index contributed by atoms with van der Waals surface area (Å²) in [6.45, 7) is 1.24. The third kappa shape index (κ3) is 2.78. The van der Waals surface area contributed by atoms with E-state index in [0.717, 1.165) is 11.3 Å². The quantitative estimate of drug-likeness (QED) is 0.851. The highest BCUT2D eigenvalue weighted by Crippen LogP contribution is 2.28. The van der Waals surface area contributed by atoms with E-state index in [1.54, 1.807) is 7.11 Å². The molecule has 106 valence electrons. The minimum atomic E-state index is -3.77. The summed E-state index contributed by atoms with van der Waals surface area (Å²) in [5.74, 6) is -1.17. The fourth-order valence-electron chi connectivity index (χ4n) is 2.07. The topological polar surface area (TPSA) is 96.8 Å². The molecule has 1 aliphatic rings. The molecule has 0 amide bonds. The summed E-state index contributed by atoms with van der Waals surface area (Å²) in [5.41, 5.74) is 0.833. The van der Waals surface area contributed by atoms with Crippen molar-refractivity contribution in [2.75, 3.05) is 26.8 Å². The summed E-state index contributed by atoms with van der Waals surface area (Å²) in [4.78, 5) is 14.5. The Kier molecular flexibility index (Phi) is 4.19. The number of aromatic carboxylic acids is 1. The van der Waals surface area contributed by atoms with Crippen LogP contribution in [0, 0.1) is 5.92 Å². The Hall–Kier alpha value is -1.03. The molecule has 0 aliphatic carbocycles. The molecule has 0 radical (unpaired) electrons. The number of nitrogens with zero attached hydrogens (tertiary/aromatic N) is 2. The Morgan fingerprint density at radius 2 is 2.42 bits per heavy atom. The number of carbonyl (C=O) groups is 1. The van der Waals surface area contributed by atoms with E-state index >= 15 is 0 Å². The van der Waals surface area contributed by atoms with Crippen molar-refractivity contribution in [3.63, 3.8) is 0 Å². The van der Waals surface area contributed by atoms with Crippen molar-refractivity contribution in [2.45, 2.75) is 10.6 Å². The Labute approximate surface area is 114 Å². The normalized spacial score (nSPS) is 20.8. The molecule has 0 bridgehead atoms. The average Bonchev–Trinajstić information content (AvgIpc) is 2.97. The zero-order chi connectivity index (χ0) is 14.0. The summed E-state index contributed by atoms with van der Waals surface area (Å²) in [6.07, 6.45) is 0.717. The molecule has 2 rings (SSSR count). The van der Waals surface area contributed by atoms with Gasteiger partial charge in [-0.1, -0.05) is 0 Å². The first-order valence-electron chi connectivity index (χ1n) is 5.62. The SMILES string of the molecule is COCC1CCN(S(=O)(=O)c2scnc2C(=O)O)C1. The lowest BCUT2D eigenvalue weighted by atomic mass is 10.1. The monoisotopic (exact) mass is 306 g/mol. The van der Waals surface area contributed by atoms with Crippen molar-refractivity contribution in [1.29, 1.82) is 0 Å². The summed E-state index contributed by atoms with van der Waals surface area (Å²) in [6, 6.07) is 0. The predicted molar refractivity (Wildman–Crippen MR) is 67.8 cm³/mol. The number of hydrogen-bond acceptors (Lipinski definition) is 6. The van der Waals surface area contributed by atoms with Crippen molar-refractivity contribution in [2.24, 2.45) is 5.92 Å². The molecule has 1 fully saturated rings. The first kappa shape index (κ1) is 14.4. The fourth-order valence-corrected chi connectivity index (χ4v) is 4.87. The van der Waals surface area contributed by atoms with Crippen molar-refractivity contribution in [3.05, 3.63) is 11.2 Å². The average molecular weight is 306 g/mol. The molecule has 7 nitrogen and oxygen atoms in total. The molecule has 0 spiro atoms. The van der Waals surface area contributed by atoms with Gasteiger partial charge >= 0.3 is 5.97 Å². The first-order chi connectivity index (χ1) is 8.96. The molecule has 0 aromatic carbocycles. The van der Waals surface area contributed by atoms with Gasteiger partial charge in [-0.15, -0.1) is 11.3 Å². The van der Waals surface area contributed by atoms with E-state index in [-0.39, 0.29) is 10.1 Å². The highest BCUT2D eigenvalue weighted by molar-refractivity contribution is 7.91. The second-order valence-corrected chi connectivity index (χ2v) is 7.25. The molecule has 0 saturated carbocycles. The molecule has 2 heterocycles. The maximum atomic E-state index is 12.4. The number of ether oxygens (including phenoxy) is 1. The van der Waals surface area contributed by atoms with Gasteiger partial charge in [0.05, 0.1) is 12.1 Å². The molecule has 1 atom stereocenters. The third-order valence-corrected chi connectivity index (χ3v) is 6.17. The smallest absolute Gasteiger partial charge is 0.356 e. The van der Waals surface area contributed by atoms with Crippen LogP contribution in [0.4, 0.5) is 0 Å². The highest BCUT2D eigenvalue weighted by atomic mass is 32.2. The minimum Gasteiger partial charge on any atom is -0.476 e. The Bertz CT molecular complexity index is 568. The van der Waals surface area contributed by atoms with Gasteiger partial charge in [0.25, 0.3) is 10.0 Å². The van der Waals surface area contributed by atoms with E-state index in [4.69, 9.17) is 9.84 Å². The lowest BCUT2D eigenvalue weighted by Gasteiger charge is -2.15. The summed E-state index contributed by atoms with van der Waals surface area (Å²) < 4.78 is 30.8. The molecule has 19 heavy (non-hydrogen) atoms. The van der Waals surface area contributed by atoms with Gasteiger partial charge < -0.3 is 9.84 Å². The summed E-state index contributed by atoms with van der Waals surface area (Å²) in [7, 11) is -2.20. The van der Waals surface area contributed by atoms with Crippen molar-refractivity contribution in [1.82, 2.24) is 9.29 Å². The van der Waals surface area contributed by atoms with E-state index in [0.29, 0.717) is 26.1 Å². The van der Waals surface area contributed by atoms with E-state index < -0.39 is 21.7 Å². The van der Waals surface area contributed by atoms with E-state index in [9.17, 15) is 13.2 Å². The zero-order valence-electron chi connectivity index (χ0n) is 10.3. The Morgan fingerprint density at radius 3 is 3.05 bits per heavy atom. The lowest BCUT2D eigenvalue weighted by molar-refractivity contribution is 0.0687. The van der Waals surface area contributed by atoms with Gasteiger partial charge in [0, 0.05) is 20.2 Å². The van der Waals surface area contributed by atoms with Crippen LogP contribution in [0.1, 0.15) is 16.9 Å². The molecule has 1 aromatic rings. The fraction of sp³-hybridized carbons (Fsp3) is 0.600. The first-order valence-corrected chi connectivity index (χ1v) is 7.94. The molecule has 9 heteroatoms. The van der Waals surface area contributed by atoms with Crippen LogP contribution in [0.3, 0.4) is 0 Å². The van der Waals surface area contributed by atoms with Crippen LogP contribution in [0.2, 0.25) is 0 Å². The molecular formula is C10H14N2O5S2. The van der Waals surface area contributed by atoms with Gasteiger partial charge in [0.15, 0.2) is 9.90 Å². The number of sulfonamides is 1. The molecule has 1 N–H and O–H groups in total. The maximum absolute atomic E-state index is 12.4. The van der Waals surface area contributed by atoms with Crippen LogP contribution in [-0.2, 0) is 14.8 Å². The number of carboxylic acids is 1. The van der Waals surface area contributed by atoms with E-state index in [1.165, 1.54) is 9.82 Å². The van der Waals surface area contributed by atoms with Crippen LogP contribution in [0.25, 0.3) is 0 Å². The number of thiazole rings is 1. The molecule has 1 aromatic heterocycles. The number of hydrogen-bond donors (Lipinski definition) is 1. The van der Waals surface area contributed by atoms with E-state index in [1.807, 2.05) is 0 Å². The number of aromatic nitrogens is 1. The predicted octanol–water partition coefficient (Wildman–Crippen LogP) is 0.498. The molecule has 1 unspecified atom stereocenters. The zero-order valence-corrected chi connectivity index (χ0v) is 11.9. The second kappa shape index (κ2) is 5.53. The van der Waals surface area contributed by atoms with Crippen LogP contribution in [0.15, 0.2) is 9.72 Å². The molecular weight excluding hydrogens is 292 g/mol. The highest BCUT2D eigenvalue weighted by Gasteiger charge is 2.36. The van der Waals surface area contributed by atoms with Crippen LogP contribution in [0.5, 0.6) is 0 Å². The van der Waals surface area contributed by atoms with Crippen molar-refractivity contribution >= 4 is 27.3 Å². The molecule has 1 aliphatic heterocycles. The second-order valence-electron chi connectivity index (χ2n) is 4.27. The van der Waals surface area contributed by atoms with E-state index in [2.05, 4.69) is 4.98 Å². The maximum Gasteiger partial charge on any atom is 0.356 e. The summed E-state index contributed by atoms with van der Waals surface area (Å²) >= 11 is 0.833. The molecule has 1 saturated heterocycles. The van der Waals surface area contributed by atoms with Gasteiger partial charge in [0.2, 0.25) is 0 Å². The number of carboxylic acid groups (broad SMARTS) is 1. The van der Waals surface area contributed by atoms with Gasteiger partial charge in [0.1, 0.15) is 0 Å². The van der Waals surface area contributed by atoms with Crippen LogP contribution >= 0.6 is 11.3 Å². The van der Waals surface area contributed by atoms with Crippen molar-refractivity contribution < 1.29 is 23.1 Å². The number of methoxy groups -OCH3 is 1. The van der Waals surface area contributed by atoms with Gasteiger partial charge in [-0.2, -0.15) is 4.31 Å². The van der Waals surface area contributed by atoms with Gasteiger partial charge in [-0.3, -0.25) is 0 Å².